The van der Waals surface area contributed by atoms with Crippen LogP contribution in [-0.4, -0.2) is 71.3 Å². The Morgan fingerprint density at radius 3 is 2.22 bits per heavy atom. The molecule has 3 N–H and O–H groups in total. The van der Waals surface area contributed by atoms with Gasteiger partial charge in [0.1, 0.15) is 0 Å². The topological polar surface area (TPSA) is 88.4 Å². The molecule has 27 heavy (non-hydrogen) atoms. The lowest BCUT2D eigenvalue weighted by Crippen LogP contribution is -2.39. The highest BCUT2D eigenvalue weighted by Crippen LogP contribution is 2.53. The highest BCUT2D eigenvalue weighted by molar-refractivity contribution is 5.00. The number of hydrogen-bond acceptors (Lipinski definition) is 6. The van der Waals surface area contributed by atoms with Crippen LogP contribution >= 0.6 is 0 Å². The normalized spacial score (nSPS) is 27.9. The molecule has 0 heterocycles. The lowest BCUT2D eigenvalue weighted by Gasteiger charge is -2.40. The largest absolute Gasteiger partial charge is 0.394 e. The number of aliphatic hydroxyl groups is 3. The van der Waals surface area contributed by atoms with Crippen LogP contribution in [0, 0.1) is 5.41 Å². The Balaban J connectivity index is 2.87. The van der Waals surface area contributed by atoms with Gasteiger partial charge in [-0.1, -0.05) is 0 Å². The summed E-state index contributed by atoms with van der Waals surface area (Å²) < 4.78 is 17.8. The first-order chi connectivity index (χ1) is 12.3. The van der Waals surface area contributed by atoms with Crippen molar-refractivity contribution in [2.45, 2.75) is 96.6 Å². The zero-order chi connectivity index (χ0) is 20.8. The van der Waals surface area contributed by atoms with Gasteiger partial charge in [-0.2, -0.15) is 0 Å². The second kappa shape index (κ2) is 9.99. The Kier molecular flexibility index (Phi) is 9.17. The maximum absolute atomic E-state index is 9.94. The fourth-order valence-electron chi connectivity index (χ4n) is 4.60. The summed E-state index contributed by atoms with van der Waals surface area (Å²) in [4.78, 5) is 0. The molecule has 0 spiro atoms. The van der Waals surface area contributed by atoms with Crippen LogP contribution in [-0.2, 0) is 14.2 Å². The average molecular weight is 391 g/mol. The molecule has 0 saturated heterocycles. The van der Waals surface area contributed by atoms with Crippen LogP contribution in [0.4, 0.5) is 0 Å². The molecule has 6 nitrogen and oxygen atoms in total. The van der Waals surface area contributed by atoms with Crippen LogP contribution < -0.4 is 0 Å². The molecule has 1 fully saturated rings. The molecule has 162 valence electrons. The third-order valence-corrected chi connectivity index (χ3v) is 5.30. The number of rotatable bonds is 13. The fraction of sp³-hybridized carbons (Fsp3) is 1.00. The predicted octanol–water partition coefficient (Wildman–Crippen LogP) is 2.67. The molecule has 0 aliphatic heterocycles. The van der Waals surface area contributed by atoms with Crippen molar-refractivity contribution in [2.75, 3.05) is 33.0 Å². The number of hydrogen-bond donors (Lipinski definition) is 3. The highest BCUT2D eigenvalue weighted by atomic mass is 16.5. The first kappa shape index (κ1) is 24.8. The van der Waals surface area contributed by atoms with Gasteiger partial charge in [0.2, 0.25) is 0 Å². The zero-order valence-electron chi connectivity index (χ0n) is 18.2. The van der Waals surface area contributed by atoms with Crippen molar-refractivity contribution in [1.29, 1.82) is 0 Å². The third kappa shape index (κ3) is 9.20. The van der Waals surface area contributed by atoms with Crippen LogP contribution in [0.2, 0.25) is 0 Å². The van der Waals surface area contributed by atoms with Gasteiger partial charge in [-0.3, -0.25) is 0 Å². The van der Waals surface area contributed by atoms with E-state index in [0.717, 1.165) is 32.1 Å². The molecule has 6 heteroatoms. The quantitative estimate of drug-likeness (QED) is 0.448. The van der Waals surface area contributed by atoms with Crippen molar-refractivity contribution >= 4 is 0 Å². The van der Waals surface area contributed by atoms with Gasteiger partial charge in [0, 0.05) is 0 Å². The Labute approximate surface area is 165 Å². The maximum atomic E-state index is 9.94. The van der Waals surface area contributed by atoms with E-state index < -0.39 is 5.60 Å². The Hall–Kier alpha value is -0.240. The van der Waals surface area contributed by atoms with Gasteiger partial charge in [0.05, 0.1) is 55.9 Å². The van der Waals surface area contributed by atoms with Crippen LogP contribution in [0.25, 0.3) is 0 Å². The molecule has 0 aromatic rings. The Morgan fingerprint density at radius 2 is 1.67 bits per heavy atom. The summed E-state index contributed by atoms with van der Waals surface area (Å²) in [6, 6.07) is 0. The van der Waals surface area contributed by atoms with E-state index in [0.29, 0.717) is 19.8 Å². The smallest absolute Gasteiger partial charge is 0.0824 e. The van der Waals surface area contributed by atoms with Crippen molar-refractivity contribution in [2.24, 2.45) is 5.41 Å². The summed E-state index contributed by atoms with van der Waals surface area (Å²) in [6.45, 7) is 12.8. The molecule has 0 amide bonds. The summed E-state index contributed by atoms with van der Waals surface area (Å²) in [6.07, 6.45) is 4.51. The lowest BCUT2D eigenvalue weighted by atomic mass is 9.72. The number of aliphatic hydroxyl groups excluding tert-OH is 2. The molecule has 0 aromatic heterocycles. The molecular weight excluding hydrogens is 348 g/mol. The summed E-state index contributed by atoms with van der Waals surface area (Å²) in [7, 11) is 0. The SMILES string of the molecule is CC(CC1(CC(C)(C)OCCO)CCC(C)(OCCO)C1)OCC(C)(C)O. The molecule has 3 atom stereocenters. The van der Waals surface area contributed by atoms with E-state index >= 15 is 0 Å². The molecule has 1 rings (SSSR count). The molecule has 1 aliphatic carbocycles. The Morgan fingerprint density at radius 1 is 1.04 bits per heavy atom. The monoisotopic (exact) mass is 390 g/mol. The second-order valence-electron chi connectivity index (χ2n) is 9.85. The summed E-state index contributed by atoms with van der Waals surface area (Å²) in [5.41, 5.74) is -1.48. The average Bonchev–Trinajstić information content (AvgIpc) is 2.85. The predicted molar refractivity (Wildman–Crippen MR) is 106 cm³/mol. The molecular formula is C21H42O6. The minimum Gasteiger partial charge on any atom is -0.394 e. The highest BCUT2D eigenvalue weighted by Gasteiger charge is 2.49. The van der Waals surface area contributed by atoms with Gasteiger partial charge >= 0.3 is 0 Å². The van der Waals surface area contributed by atoms with E-state index in [1.165, 1.54) is 0 Å². The second-order valence-corrected chi connectivity index (χ2v) is 9.85. The van der Waals surface area contributed by atoms with Crippen molar-refractivity contribution in [3.05, 3.63) is 0 Å². The van der Waals surface area contributed by atoms with E-state index in [-0.39, 0.29) is 35.9 Å². The van der Waals surface area contributed by atoms with Crippen molar-refractivity contribution < 1.29 is 29.5 Å². The molecule has 3 unspecified atom stereocenters. The third-order valence-electron chi connectivity index (χ3n) is 5.30. The van der Waals surface area contributed by atoms with Crippen molar-refractivity contribution in [3.63, 3.8) is 0 Å². The molecule has 1 aliphatic rings. The van der Waals surface area contributed by atoms with Gasteiger partial charge in [0.25, 0.3) is 0 Å². The summed E-state index contributed by atoms with van der Waals surface area (Å²) in [5, 5.41) is 28.2. The molecule has 1 saturated carbocycles. The fourth-order valence-corrected chi connectivity index (χ4v) is 4.60. The van der Waals surface area contributed by atoms with Crippen molar-refractivity contribution in [1.82, 2.24) is 0 Å². The maximum Gasteiger partial charge on any atom is 0.0824 e. The first-order valence-electron chi connectivity index (χ1n) is 10.2. The zero-order valence-corrected chi connectivity index (χ0v) is 18.2. The van der Waals surface area contributed by atoms with Crippen LogP contribution in [0.5, 0.6) is 0 Å². The lowest BCUT2D eigenvalue weighted by molar-refractivity contribution is -0.0958. The van der Waals surface area contributed by atoms with Gasteiger partial charge in [-0.05, 0) is 79.1 Å². The standard InChI is InChI=1S/C21H42O6/c1-17(25-16-18(2,3)24)13-21(14-19(4,5)26-11-9-22)8-7-20(6,15-21)27-12-10-23/h17,22-24H,7-16H2,1-6H3. The number of ether oxygens (including phenoxy) is 3. The van der Waals surface area contributed by atoms with Gasteiger partial charge in [-0.25, -0.2) is 0 Å². The van der Waals surface area contributed by atoms with Crippen LogP contribution in [0.3, 0.4) is 0 Å². The van der Waals surface area contributed by atoms with E-state index in [2.05, 4.69) is 27.7 Å². The molecule has 0 aromatic carbocycles. The van der Waals surface area contributed by atoms with Gasteiger partial charge < -0.3 is 29.5 Å². The summed E-state index contributed by atoms with van der Waals surface area (Å²) >= 11 is 0. The van der Waals surface area contributed by atoms with E-state index in [1.54, 1.807) is 13.8 Å². The van der Waals surface area contributed by atoms with Gasteiger partial charge in [-0.15, -0.1) is 0 Å². The van der Waals surface area contributed by atoms with E-state index in [4.69, 9.17) is 24.4 Å². The van der Waals surface area contributed by atoms with E-state index in [1.807, 2.05) is 0 Å². The minimum atomic E-state index is -0.848. The van der Waals surface area contributed by atoms with E-state index in [9.17, 15) is 5.11 Å². The summed E-state index contributed by atoms with van der Waals surface area (Å²) in [5.74, 6) is 0. The van der Waals surface area contributed by atoms with Gasteiger partial charge in [0.15, 0.2) is 0 Å². The molecule has 0 radical (unpaired) electrons. The first-order valence-corrected chi connectivity index (χ1v) is 10.2. The molecule has 0 bridgehead atoms. The van der Waals surface area contributed by atoms with Crippen LogP contribution in [0.15, 0.2) is 0 Å². The minimum absolute atomic E-state index is 0.00487. The van der Waals surface area contributed by atoms with Crippen LogP contribution in [0.1, 0.15) is 73.6 Å². The Bertz CT molecular complexity index is 433. The van der Waals surface area contributed by atoms with Crippen molar-refractivity contribution in [3.8, 4) is 0 Å².